The van der Waals surface area contributed by atoms with Crippen molar-refractivity contribution in [2.45, 2.75) is 38.6 Å². The smallest absolute Gasteiger partial charge is 0.255 e. The molecule has 3 N–H and O–H groups in total. The van der Waals surface area contributed by atoms with E-state index >= 15 is 0 Å². The van der Waals surface area contributed by atoms with Crippen molar-refractivity contribution < 1.29 is 19.1 Å². The first-order valence-electron chi connectivity index (χ1n) is 9.08. The van der Waals surface area contributed by atoms with Gasteiger partial charge in [0.15, 0.2) is 11.5 Å². The number of rotatable bonds is 8. The number of hydrogen-bond donors (Lipinski definition) is 2. The Morgan fingerprint density at radius 1 is 1.04 bits per heavy atom. The monoisotopic (exact) mass is 384 g/mol. The van der Waals surface area contributed by atoms with E-state index in [2.05, 4.69) is 5.32 Å². The zero-order chi connectivity index (χ0) is 20.9. The summed E-state index contributed by atoms with van der Waals surface area (Å²) in [5.41, 5.74) is 7.86. The van der Waals surface area contributed by atoms with Crippen LogP contribution in [0, 0.1) is 0 Å². The number of amides is 1. The minimum Gasteiger partial charge on any atom is -0.493 e. The lowest BCUT2D eigenvalue weighted by molar-refractivity contribution is -0.118. The van der Waals surface area contributed by atoms with Gasteiger partial charge >= 0.3 is 0 Å². The van der Waals surface area contributed by atoms with Gasteiger partial charge in [-0.25, -0.2) is 0 Å². The van der Waals surface area contributed by atoms with Gasteiger partial charge in [-0.2, -0.15) is 0 Å². The van der Waals surface area contributed by atoms with E-state index in [4.69, 9.17) is 15.2 Å². The number of nitrogens with two attached hydrogens (primary N) is 1. The van der Waals surface area contributed by atoms with E-state index in [9.17, 15) is 9.59 Å². The van der Waals surface area contributed by atoms with Crippen molar-refractivity contribution in [1.29, 1.82) is 0 Å². The van der Waals surface area contributed by atoms with Crippen LogP contribution in [0.5, 0.6) is 11.5 Å². The maximum absolute atomic E-state index is 12.5. The SMILES string of the molecule is COc1ccc(C(=O)Nc2ccc(C(C)(C)CC(N)C(C)=O)cc2)cc1OC. The molecule has 28 heavy (non-hydrogen) atoms. The van der Waals surface area contributed by atoms with Gasteiger partial charge in [-0.15, -0.1) is 0 Å². The van der Waals surface area contributed by atoms with Crippen molar-refractivity contribution in [3.05, 3.63) is 53.6 Å². The molecular weight excluding hydrogens is 356 g/mol. The first kappa shape index (κ1) is 21.4. The molecule has 6 heteroatoms. The lowest BCUT2D eigenvalue weighted by atomic mass is 9.78. The van der Waals surface area contributed by atoms with Crippen LogP contribution in [0.1, 0.15) is 43.1 Å². The molecule has 150 valence electrons. The van der Waals surface area contributed by atoms with E-state index in [1.54, 1.807) is 25.3 Å². The average Bonchev–Trinajstić information content (AvgIpc) is 2.67. The minimum atomic E-state index is -0.487. The quantitative estimate of drug-likeness (QED) is 0.726. The van der Waals surface area contributed by atoms with Gasteiger partial charge in [0.2, 0.25) is 0 Å². The molecular formula is C22H28N2O4. The zero-order valence-electron chi connectivity index (χ0n) is 17.0. The Morgan fingerprint density at radius 3 is 2.18 bits per heavy atom. The number of ketones is 1. The molecule has 1 atom stereocenters. The normalized spacial score (nSPS) is 12.2. The summed E-state index contributed by atoms with van der Waals surface area (Å²) in [6.07, 6.45) is 0.555. The van der Waals surface area contributed by atoms with Crippen LogP contribution in [0.3, 0.4) is 0 Å². The third kappa shape index (κ3) is 5.10. The summed E-state index contributed by atoms with van der Waals surface area (Å²) in [7, 11) is 3.07. The van der Waals surface area contributed by atoms with Crippen molar-refractivity contribution >= 4 is 17.4 Å². The molecule has 6 nitrogen and oxygen atoms in total. The molecule has 2 aromatic carbocycles. The molecule has 0 spiro atoms. The fourth-order valence-electron chi connectivity index (χ4n) is 3.00. The molecule has 0 radical (unpaired) electrons. The number of carbonyl (C=O) groups excluding carboxylic acids is 2. The molecule has 2 rings (SSSR count). The summed E-state index contributed by atoms with van der Waals surface area (Å²) < 4.78 is 10.4. The van der Waals surface area contributed by atoms with Crippen LogP contribution >= 0.6 is 0 Å². The average molecular weight is 384 g/mol. The maximum atomic E-state index is 12.5. The summed E-state index contributed by atoms with van der Waals surface area (Å²) in [5, 5.41) is 2.87. The Labute approximate surface area is 166 Å². The van der Waals surface area contributed by atoms with Crippen molar-refractivity contribution in [2.75, 3.05) is 19.5 Å². The van der Waals surface area contributed by atoms with Gasteiger partial charge in [0, 0.05) is 11.3 Å². The van der Waals surface area contributed by atoms with Crippen LogP contribution in [-0.2, 0) is 10.2 Å². The molecule has 0 heterocycles. The topological polar surface area (TPSA) is 90.6 Å². The second-order valence-electron chi connectivity index (χ2n) is 7.41. The highest BCUT2D eigenvalue weighted by molar-refractivity contribution is 6.04. The lowest BCUT2D eigenvalue weighted by Crippen LogP contribution is -2.35. The molecule has 0 saturated heterocycles. The predicted molar refractivity (Wildman–Crippen MR) is 110 cm³/mol. The molecule has 0 bridgehead atoms. The number of Topliss-reactive ketones (excluding diaryl/α,β-unsaturated/α-hetero) is 1. The molecule has 0 aromatic heterocycles. The van der Waals surface area contributed by atoms with Gasteiger partial charge in [-0.05, 0) is 54.7 Å². The number of anilines is 1. The molecule has 0 saturated carbocycles. The first-order valence-corrected chi connectivity index (χ1v) is 9.08. The molecule has 0 aliphatic carbocycles. The van der Waals surface area contributed by atoms with Crippen LogP contribution in [0.4, 0.5) is 5.69 Å². The van der Waals surface area contributed by atoms with Gasteiger partial charge < -0.3 is 20.5 Å². The van der Waals surface area contributed by atoms with Gasteiger partial charge in [-0.1, -0.05) is 26.0 Å². The highest BCUT2D eigenvalue weighted by atomic mass is 16.5. The van der Waals surface area contributed by atoms with Gasteiger partial charge in [0.25, 0.3) is 5.91 Å². The van der Waals surface area contributed by atoms with E-state index in [1.807, 2.05) is 38.1 Å². The largest absolute Gasteiger partial charge is 0.493 e. The number of methoxy groups -OCH3 is 2. The van der Waals surface area contributed by atoms with Crippen LogP contribution in [0.25, 0.3) is 0 Å². The fourth-order valence-corrected chi connectivity index (χ4v) is 3.00. The van der Waals surface area contributed by atoms with Gasteiger partial charge in [-0.3, -0.25) is 9.59 Å². The van der Waals surface area contributed by atoms with Crippen LogP contribution in [-0.4, -0.2) is 32.0 Å². The summed E-state index contributed by atoms with van der Waals surface area (Å²) >= 11 is 0. The third-order valence-corrected chi connectivity index (χ3v) is 4.82. The third-order valence-electron chi connectivity index (χ3n) is 4.82. The Hall–Kier alpha value is -2.86. The van der Waals surface area contributed by atoms with E-state index < -0.39 is 6.04 Å². The van der Waals surface area contributed by atoms with E-state index in [0.29, 0.717) is 29.2 Å². The summed E-state index contributed by atoms with van der Waals surface area (Å²) in [6, 6.07) is 12.1. The Balaban J connectivity index is 2.12. The molecule has 0 aliphatic heterocycles. The van der Waals surface area contributed by atoms with Crippen LogP contribution in [0.15, 0.2) is 42.5 Å². The molecule has 1 amide bonds. The van der Waals surface area contributed by atoms with E-state index in [1.165, 1.54) is 14.0 Å². The lowest BCUT2D eigenvalue weighted by Gasteiger charge is -2.28. The molecule has 2 aromatic rings. The maximum Gasteiger partial charge on any atom is 0.255 e. The molecule has 1 unspecified atom stereocenters. The highest BCUT2D eigenvalue weighted by Crippen LogP contribution is 2.30. The predicted octanol–water partition coefficient (Wildman–Crippen LogP) is 3.54. The zero-order valence-corrected chi connectivity index (χ0v) is 17.0. The minimum absolute atomic E-state index is 0.0214. The summed E-state index contributed by atoms with van der Waals surface area (Å²) in [5.74, 6) is 0.793. The Morgan fingerprint density at radius 2 is 1.64 bits per heavy atom. The highest BCUT2D eigenvalue weighted by Gasteiger charge is 2.25. The number of nitrogens with one attached hydrogen (secondary N) is 1. The molecule has 0 fully saturated rings. The van der Waals surface area contributed by atoms with Crippen LogP contribution < -0.4 is 20.5 Å². The Bertz CT molecular complexity index is 844. The fraction of sp³-hybridized carbons (Fsp3) is 0.364. The van der Waals surface area contributed by atoms with Crippen molar-refractivity contribution in [2.24, 2.45) is 5.73 Å². The number of carbonyl (C=O) groups is 2. The van der Waals surface area contributed by atoms with Crippen molar-refractivity contribution in [3.8, 4) is 11.5 Å². The van der Waals surface area contributed by atoms with Crippen LogP contribution in [0.2, 0.25) is 0 Å². The molecule has 0 aliphatic rings. The number of ether oxygens (including phenoxy) is 2. The van der Waals surface area contributed by atoms with Crippen molar-refractivity contribution in [3.63, 3.8) is 0 Å². The summed E-state index contributed by atoms with van der Waals surface area (Å²) in [4.78, 5) is 24.0. The standard InChI is InChI=1S/C22H28N2O4/c1-14(25)18(23)13-22(2,3)16-7-9-17(10-8-16)24-21(26)15-6-11-19(27-4)20(12-15)28-5/h6-12,18H,13,23H2,1-5H3,(H,24,26). The van der Waals surface area contributed by atoms with E-state index in [-0.39, 0.29) is 17.1 Å². The van der Waals surface area contributed by atoms with Gasteiger partial charge in [0.1, 0.15) is 5.78 Å². The second-order valence-corrected chi connectivity index (χ2v) is 7.41. The van der Waals surface area contributed by atoms with E-state index in [0.717, 1.165) is 5.56 Å². The summed E-state index contributed by atoms with van der Waals surface area (Å²) in [6.45, 7) is 5.60. The first-order chi connectivity index (χ1) is 13.2. The number of hydrogen-bond acceptors (Lipinski definition) is 5. The van der Waals surface area contributed by atoms with Gasteiger partial charge in [0.05, 0.1) is 20.3 Å². The second kappa shape index (κ2) is 8.89. The number of benzene rings is 2. The Kier molecular flexibility index (Phi) is 6.80. The van der Waals surface area contributed by atoms with Crippen molar-refractivity contribution in [1.82, 2.24) is 0 Å².